The number of nitrogens with zero attached hydrogens (tertiary/aromatic N) is 3. The Morgan fingerprint density at radius 2 is 2.10 bits per heavy atom. The number of halogens is 1. The van der Waals surface area contributed by atoms with Crippen molar-refractivity contribution in [1.82, 2.24) is 20.3 Å². The van der Waals surface area contributed by atoms with Crippen LogP contribution < -0.4 is 5.32 Å². The van der Waals surface area contributed by atoms with E-state index in [4.69, 9.17) is 0 Å². The van der Waals surface area contributed by atoms with Crippen LogP contribution in [-0.4, -0.2) is 21.5 Å². The Balaban J connectivity index is 2.35. The van der Waals surface area contributed by atoms with E-state index in [-0.39, 0.29) is 11.9 Å². The number of benzene rings is 1. The monoisotopic (exact) mass is 276 g/mol. The highest BCUT2D eigenvalue weighted by Crippen LogP contribution is 2.21. The quantitative estimate of drug-likeness (QED) is 0.912. The fraction of sp³-hybridized carbons (Fsp3) is 0.467. The van der Waals surface area contributed by atoms with Crippen molar-refractivity contribution in [3.8, 4) is 5.69 Å². The summed E-state index contributed by atoms with van der Waals surface area (Å²) in [7, 11) is 0. The molecule has 0 bridgehead atoms. The molecule has 0 aliphatic carbocycles. The van der Waals surface area contributed by atoms with Crippen LogP contribution in [0.15, 0.2) is 18.2 Å². The summed E-state index contributed by atoms with van der Waals surface area (Å²) in [6.45, 7) is 8.84. The normalized spacial score (nSPS) is 12.7. The van der Waals surface area contributed by atoms with Gasteiger partial charge < -0.3 is 5.32 Å². The van der Waals surface area contributed by atoms with Crippen molar-refractivity contribution in [1.29, 1.82) is 0 Å². The molecule has 2 aromatic rings. The van der Waals surface area contributed by atoms with Crippen LogP contribution in [0.25, 0.3) is 5.69 Å². The molecule has 1 aromatic heterocycles. The maximum absolute atomic E-state index is 13.7. The molecule has 0 saturated heterocycles. The highest BCUT2D eigenvalue weighted by atomic mass is 19.1. The van der Waals surface area contributed by atoms with E-state index >= 15 is 0 Å². The van der Waals surface area contributed by atoms with Gasteiger partial charge in [-0.2, -0.15) is 0 Å². The van der Waals surface area contributed by atoms with Gasteiger partial charge >= 0.3 is 0 Å². The van der Waals surface area contributed by atoms with Crippen molar-refractivity contribution in [2.24, 2.45) is 0 Å². The van der Waals surface area contributed by atoms with Crippen LogP contribution in [0.3, 0.4) is 0 Å². The second kappa shape index (κ2) is 6.13. The van der Waals surface area contributed by atoms with E-state index in [1.807, 2.05) is 13.0 Å². The average molecular weight is 276 g/mol. The Kier molecular flexibility index (Phi) is 4.49. The molecule has 0 spiro atoms. The van der Waals surface area contributed by atoms with E-state index in [0.717, 1.165) is 30.0 Å². The summed E-state index contributed by atoms with van der Waals surface area (Å²) in [5.74, 6) is -0.226. The van der Waals surface area contributed by atoms with Crippen molar-refractivity contribution in [2.75, 3.05) is 6.54 Å². The van der Waals surface area contributed by atoms with E-state index in [1.165, 1.54) is 6.07 Å². The standard InChI is InChI=1S/C15H21FN4/c1-5-9-17-11(3)15-12(4)20(19-18-15)14-8-6-7-13(16)10(14)2/h6-8,11,17H,5,9H2,1-4H3. The molecule has 2 rings (SSSR count). The lowest BCUT2D eigenvalue weighted by Crippen LogP contribution is -2.20. The minimum absolute atomic E-state index is 0.137. The second-order valence-electron chi connectivity index (χ2n) is 5.03. The fourth-order valence-corrected chi connectivity index (χ4v) is 2.25. The summed E-state index contributed by atoms with van der Waals surface area (Å²) in [4.78, 5) is 0. The molecule has 0 radical (unpaired) electrons. The van der Waals surface area contributed by atoms with Gasteiger partial charge in [0, 0.05) is 5.56 Å². The molecule has 5 heteroatoms. The zero-order chi connectivity index (χ0) is 14.7. The number of hydrogen-bond donors (Lipinski definition) is 1. The first-order valence-corrected chi connectivity index (χ1v) is 6.97. The molecule has 1 heterocycles. The summed E-state index contributed by atoms with van der Waals surface area (Å²) in [6, 6.07) is 5.14. The van der Waals surface area contributed by atoms with Crippen LogP contribution in [0.2, 0.25) is 0 Å². The molecule has 0 saturated carbocycles. The van der Waals surface area contributed by atoms with Crippen molar-refractivity contribution >= 4 is 0 Å². The molecule has 0 aliphatic heterocycles. The van der Waals surface area contributed by atoms with Crippen LogP contribution in [0.1, 0.15) is 43.3 Å². The van der Waals surface area contributed by atoms with Gasteiger partial charge in [0.15, 0.2) is 0 Å². The molecule has 1 N–H and O–H groups in total. The Bertz CT molecular complexity index is 592. The Hall–Kier alpha value is -1.75. The van der Waals surface area contributed by atoms with Crippen LogP contribution in [0, 0.1) is 19.7 Å². The highest BCUT2D eigenvalue weighted by Gasteiger charge is 2.17. The third-order valence-corrected chi connectivity index (χ3v) is 3.51. The highest BCUT2D eigenvalue weighted by molar-refractivity contribution is 5.41. The SMILES string of the molecule is CCCNC(C)c1nnn(-c2cccc(F)c2C)c1C. The molecular weight excluding hydrogens is 255 g/mol. The first-order chi connectivity index (χ1) is 9.56. The lowest BCUT2D eigenvalue weighted by atomic mass is 10.1. The van der Waals surface area contributed by atoms with E-state index in [0.29, 0.717) is 5.56 Å². The molecular formula is C15H21FN4. The maximum atomic E-state index is 13.7. The third-order valence-electron chi connectivity index (χ3n) is 3.51. The molecule has 1 aromatic carbocycles. The van der Waals surface area contributed by atoms with E-state index in [2.05, 4.69) is 29.5 Å². The summed E-state index contributed by atoms with van der Waals surface area (Å²) >= 11 is 0. The van der Waals surface area contributed by atoms with Crippen molar-refractivity contribution < 1.29 is 4.39 Å². The van der Waals surface area contributed by atoms with Crippen LogP contribution in [0.5, 0.6) is 0 Å². The number of nitrogens with one attached hydrogen (secondary N) is 1. The molecule has 0 aliphatic rings. The molecule has 1 unspecified atom stereocenters. The van der Waals surface area contributed by atoms with Gasteiger partial charge in [0.1, 0.15) is 11.5 Å². The maximum Gasteiger partial charge on any atom is 0.128 e. The van der Waals surface area contributed by atoms with Crippen molar-refractivity contribution in [2.45, 2.75) is 40.2 Å². The molecule has 1 atom stereocenters. The van der Waals surface area contributed by atoms with Gasteiger partial charge in [-0.15, -0.1) is 5.10 Å². The van der Waals surface area contributed by atoms with Crippen molar-refractivity contribution in [3.63, 3.8) is 0 Å². The Morgan fingerprint density at radius 1 is 1.35 bits per heavy atom. The van der Waals surface area contributed by atoms with Gasteiger partial charge in [0.05, 0.1) is 17.4 Å². The minimum atomic E-state index is -0.226. The van der Waals surface area contributed by atoms with Gasteiger partial charge in [-0.25, -0.2) is 9.07 Å². The van der Waals surface area contributed by atoms with Gasteiger partial charge in [-0.05, 0) is 45.9 Å². The Labute approximate surface area is 119 Å². The van der Waals surface area contributed by atoms with Crippen LogP contribution >= 0.6 is 0 Å². The third kappa shape index (κ3) is 2.72. The zero-order valence-corrected chi connectivity index (χ0v) is 12.4. The summed E-state index contributed by atoms with van der Waals surface area (Å²) < 4.78 is 15.4. The largest absolute Gasteiger partial charge is 0.309 e. The van der Waals surface area contributed by atoms with E-state index in [9.17, 15) is 4.39 Å². The van der Waals surface area contributed by atoms with Crippen LogP contribution in [0.4, 0.5) is 4.39 Å². The zero-order valence-electron chi connectivity index (χ0n) is 12.4. The molecule has 20 heavy (non-hydrogen) atoms. The number of rotatable bonds is 5. The predicted molar refractivity (Wildman–Crippen MR) is 77.5 cm³/mol. The summed E-state index contributed by atoms with van der Waals surface area (Å²) in [6.07, 6.45) is 1.07. The molecule has 108 valence electrons. The minimum Gasteiger partial charge on any atom is -0.309 e. The number of aromatic nitrogens is 3. The van der Waals surface area contributed by atoms with Crippen LogP contribution in [-0.2, 0) is 0 Å². The summed E-state index contributed by atoms with van der Waals surface area (Å²) in [5, 5.41) is 11.8. The van der Waals surface area contributed by atoms with Gasteiger partial charge in [0.2, 0.25) is 0 Å². The Morgan fingerprint density at radius 3 is 2.80 bits per heavy atom. The average Bonchev–Trinajstić information content (AvgIpc) is 2.81. The second-order valence-corrected chi connectivity index (χ2v) is 5.03. The smallest absolute Gasteiger partial charge is 0.128 e. The molecule has 4 nitrogen and oxygen atoms in total. The van der Waals surface area contributed by atoms with Gasteiger partial charge in [0.25, 0.3) is 0 Å². The lowest BCUT2D eigenvalue weighted by Gasteiger charge is -2.12. The van der Waals surface area contributed by atoms with Crippen molar-refractivity contribution in [3.05, 3.63) is 41.0 Å². The van der Waals surface area contributed by atoms with E-state index < -0.39 is 0 Å². The lowest BCUT2D eigenvalue weighted by molar-refractivity contribution is 0.555. The first-order valence-electron chi connectivity index (χ1n) is 6.97. The predicted octanol–water partition coefficient (Wildman–Crippen LogP) is 3.08. The fourth-order valence-electron chi connectivity index (χ4n) is 2.25. The molecule has 0 amide bonds. The van der Waals surface area contributed by atoms with E-state index in [1.54, 1.807) is 17.7 Å². The number of hydrogen-bond acceptors (Lipinski definition) is 3. The topological polar surface area (TPSA) is 42.7 Å². The van der Waals surface area contributed by atoms with Gasteiger partial charge in [-0.1, -0.05) is 18.2 Å². The first kappa shape index (κ1) is 14.7. The molecule has 0 fully saturated rings. The van der Waals surface area contributed by atoms with Gasteiger partial charge in [-0.3, -0.25) is 0 Å². The summed E-state index contributed by atoms with van der Waals surface area (Å²) in [5.41, 5.74) is 3.17.